The molecule has 0 saturated carbocycles. The standard InChI is InChI=1S/C14H9ClF4N2O4/c1-20-10(14(17,18)19)5-11(22)21(13(20)24)9-3-6(12(23)25-2)7(15)4-8(9)16/h3-5H,1-2H3. The number of benzene rings is 1. The summed E-state index contributed by atoms with van der Waals surface area (Å²) in [6.07, 6.45) is -4.96. The molecule has 0 amide bonds. The smallest absolute Gasteiger partial charge is 0.431 e. The predicted molar refractivity (Wildman–Crippen MR) is 78.6 cm³/mol. The Morgan fingerprint density at radius 2 is 1.80 bits per heavy atom. The summed E-state index contributed by atoms with van der Waals surface area (Å²) in [5, 5.41) is -0.357. The molecule has 0 fully saturated rings. The number of halogens is 5. The van der Waals surface area contributed by atoms with Crippen LogP contribution in [0.4, 0.5) is 17.6 Å². The maximum absolute atomic E-state index is 14.1. The van der Waals surface area contributed by atoms with Crippen molar-refractivity contribution < 1.29 is 27.1 Å². The highest BCUT2D eigenvalue weighted by Gasteiger charge is 2.35. The summed E-state index contributed by atoms with van der Waals surface area (Å²) in [5.41, 5.74) is -5.47. The number of alkyl halides is 3. The zero-order valence-electron chi connectivity index (χ0n) is 12.6. The van der Waals surface area contributed by atoms with E-state index in [-0.39, 0.29) is 25.8 Å². The molecule has 0 aliphatic carbocycles. The molecule has 1 aromatic carbocycles. The van der Waals surface area contributed by atoms with Crippen molar-refractivity contribution in [3.05, 3.63) is 61.1 Å². The van der Waals surface area contributed by atoms with Crippen molar-refractivity contribution >= 4 is 17.6 Å². The number of carbonyl (C=O) groups is 1. The minimum atomic E-state index is -4.96. The molecule has 1 heterocycles. The van der Waals surface area contributed by atoms with E-state index >= 15 is 0 Å². The Bertz CT molecular complexity index is 979. The van der Waals surface area contributed by atoms with E-state index in [1.807, 2.05) is 0 Å². The highest BCUT2D eigenvalue weighted by molar-refractivity contribution is 6.33. The summed E-state index contributed by atoms with van der Waals surface area (Å²) in [6.45, 7) is 0. The van der Waals surface area contributed by atoms with Crippen molar-refractivity contribution in [2.45, 2.75) is 6.18 Å². The Morgan fingerprint density at radius 1 is 1.20 bits per heavy atom. The lowest BCUT2D eigenvalue weighted by Crippen LogP contribution is -2.41. The van der Waals surface area contributed by atoms with Gasteiger partial charge in [-0.3, -0.25) is 9.36 Å². The van der Waals surface area contributed by atoms with Gasteiger partial charge >= 0.3 is 17.8 Å². The Labute approximate surface area is 141 Å². The fourth-order valence-electron chi connectivity index (χ4n) is 2.09. The molecule has 2 rings (SSSR count). The van der Waals surface area contributed by atoms with E-state index in [4.69, 9.17) is 11.6 Å². The quantitative estimate of drug-likeness (QED) is 0.591. The molecule has 25 heavy (non-hydrogen) atoms. The van der Waals surface area contributed by atoms with E-state index in [0.29, 0.717) is 6.07 Å². The lowest BCUT2D eigenvalue weighted by molar-refractivity contribution is -0.144. The highest BCUT2D eigenvalue weighted by atomic mass is 35.5. The molecule has 0 spiro atoms. The summed E-state index contributed by atoms with van der Waals surface area (Å²) >= 11 is 5.70. The third kappa shape index (κ3) is 3.29. The second kappa shape index (κ2) is 6.36. The largest absolute Gasteiger partial charge is 0.465 e. The van der Waals surface area contributed by atoms with E-state index in [1.54, 1.807) is 0 Å². The minimum absolute atomic E-state index is 0.146. The van der Waals surface area contributed by atoms with E-state index in [1.165, 1.54) is 0 Å². The van der Waals surface area contributed by atoms with Crippen LogP contribution in [0.3, 0.4) is 0 Å². The first-order valence-corrected chi connectivity index (χ1v) is 6.84. The van der Waals surface area contributed by atoms with Crippen LogP contribution in [0.2, 0.25) is 5.02 Å². The third-order valence-corrected chi connectivity index (χ3v) is 3.61. The molecule has 0 unspecified atom stereocenters. The number of aromatic nitrogens is 2. The van der Waals surface area contributed by atoms with Gasteiger partial charge in [0.05, 0.1) is 23.4 Å². The molecular weight excluding hydrogens is 372 g/mol. The molecule has 6 nitrogen and oxygen atoms in total. The molecule has 11 heteroatoms. The SMILES string of the molecule is COC(=O)c1cc(-n2c(=O)cc(C(F)(F)F)n(C)c2=O)c(F)cc1Cl. The zero-order valence-corrected chi connectivity index (χ0v) is 13.4. The van der Waals surface area contributed by atoms with Gasteiger partial charge in [0, 0.05) is 13.1 Å². The first-order chi connectivity index (χ1) is 11.5. The molecule has 0 saturated heterocycles. The van der Waals surface area contributed by atoms with Gasteiger partial charge in [-0.25, -0.2) is 18.5 Å². The van der Waals surface area contributed by atoms with E-state index in [9.17, 15) is 31.9 Å². The van der Waals surface area contributed by atoms with Gasteiger partial charge in [-0.05, 0) is 12.1 Å². The second-order valence-corrected chi connectivity index (χ2v) is 5.22. The topological polar surface area (TPSA) is 70.3 Å². The number of ether oxygens (including phenoxy) is 1. The lowest BCUT2D eigenvalue weighted by Gasteiger charge is -2.15. The van der Waals surface area contributed by atoms with E-state index < -0.39 is 40.6 Å². The number of rotatable bonds is 2. The van der Waals surface area contributed by atoms with Crippen molar-refractivity contribution in [1.82, 2.24) is 9.13 Å². The van der Waals surface area contributed by atoms with Crippen LogP contribution in [-0.4, -0.2) is 22.2 Å². The number of hydrogen-bond donors (Lipinski definition) is 0. The number of hydrogen-bond acceptors (Lipinski definition) is 4. The van der Waals surface area contributed by atoms with Crippen LogP contribution < -0.4 is 11.2 Å². The number of carbonyl (C=O) groups excluding carboxylic acids is 1. The molecule has 0 radical (unpaired) electrons. The van der Waals surface area contributed by atoms with Gasteiger partial charge < -0.3 is 4.74 Å². The van der Waals surface area contributed by atoms with Crippen LogP contribution in [0, 0.1) is 5.82 Å². The predicted octanol–water partition coefficient (Wildman–Crippen LogP) is 2.13. The van der Waals surface area contributed by atoms with Gasteiger partial charge in [0.25, 0.3) is 5.56 Å². The van der Waals surface area contributed by atoms with E-state index in [0.717, 1.165) is 20.2 Å². The Morgan fingerprint density at radius 3 is 2.32 bits per heavy atom. The van der Waals surface area contributed by atoms with Crippen molar-refractivity contribution in [2.24, 2.45) is 7.05 Å². The average Bonchev–Trinajstić information content (AvgIpc) is 2.51. The molecule has 0 atom stereocenters. The maximum Gasteiger partial charge on any atom is 0.431 e. The van der Waals surface area contributed by atoms with Crippen molar-refractivity contribution in [3.63, 3.8) is 0 Å². The average molecular weight is 381 g/mol. The molecular formula is C14H9ClF4N2O4. The van der Waals surface area contributed by atoms with Gasteiger partial charge in [-0.1, -0.05) is 11.6 Å². The van der Waals surface area contributed by atoms with E-state index in [2.05, 4.69) is 4.74 Å². The monoisotopic (exact) mass is 380 g/mol. The second-order valence-electron chi connectivity index (χ2n) is 4.82. The Kier molecular flexibility index (Phi) is 4.76. The van der Waals surface area contributed by atoms with Crippen molar-refractivity contribution in [2.75, 3.05) is 7.11 Å². The maximum atomic E-state index is 14.1. The number of esters is 1. The van der Waals surface area contributed by atoms with Gasteiger partial charge in [-0.15, -0.1) is 0 Å². The molecule has 0 N–H and O–H groups in total. The summed E-state index contributed by atoms with van der Waals surface area (Å²) in [5.74, 6) is -2.17. The van der Waals surface area contributed by atoms with Crippen molar-refractivity contribution in [1.29, 1.82) is 0 Å². The summed E-state index contributed by atoms with van der Waals surface area (Å²) in [4.78, 5) is 35.7. The van der Waals surface area contributed by atoms with Gasteiger partial charge in [0.15, 0.2) is 0 Å². The normalized spacial score (nSPS) is 11.5. The van der Waals surface area contributed by atoms with Crippen LogP contribution in [-0.2, 0) is 18.0 Å². The molecule has 2 aromatic rings. The fraction of sp³-hybridized carbons (Fsp3) is 0.214. The number of methoxy groups -OCH3 is 1. The highest BCUT2D eigenvalue weighted by Crippen LogP contribution is 2.27. The van der Waals surface area contributed by atoms with Crippen LogP contribution in [0.1, 0.15) is 16.1 Å². The summed E-state index contributed by atoms with van der Waals surface area (Å²) in [7, 11) is 1.79. The molecule has 0 aliphatic rings. The van der Waals surface area contributed by atoms with Crippen LogP contribution >= 0.6 is 11.6 Å². The Balaban J connectivity index is 2.85. The van der Waals surface area contributed by atoms with Gasteiger partial charge in [0.1, 0.15) is 11.5 Å². The van der Waals surface area contributed by atoms with Crippen molar-refractivity contribution in [3.8, 4) is 5.69 Å². The van der Waals surface area contributed by atoms with Gasteiger partial charge in [-0.2, -0.15) is 13.2 Å². The van der Waals surface area contributed by atoms with Crippen LogP contribution in [0.5, 0.6) is 0 Å². The summed E-state index contributed by atoms with van der Waals surface area (Å²) < 4.78 is 57.4. The molecule has 1 aromatic heterocycles. The van der Waals surface area contributed by atoms with Gasteiger partial charge in [0.2, 0.25) is 0 Å². The number of nitrogens with zero attached hydrogens (tertiary/aromatic N) is 2. The molecule has 0 bridgehead atoms. The lowest BCUT2D eigenvalue weighted by atomic mass is 10.2. The summed E-state index contributed by atoms with van der Waals surface area (Å²) in [6, 6.07) is 1.54. The fourth-order valence-corrected chi connectivity index (χ4v) is 2.32. The zero-order chi connectivity index (χ0) is 19.1. The van der Waals surface area contributed by atoms with Crippen LogP contribution in [0.25, 0.3) is 5.69 Å². The Hall–Kier alpha value is -2.62. The molecule has 134 valence electrons. The minimum Gasteiger partial charge on any atom is -0.465 e. The van der Waals surface area contributed by atoms with Crippen LogP contribution in [0.15, 0.2) is 27.8 Å². The first kappa shape index (κ1) is 18.7. The molecule has 0 aliphatic heterocycles. The first-order valence-electron chi connectivity index (χ1n) is 6.47. The third-order valence-electron chi connectivity index (χ3n) is 3.29.